The predicted molar refractivity (Wildman–Crippen MR) is 96.4 cm³/mol. The van der Waals surface area contributed by atoms with E-state index in [4.69, 9.17) is 12.2 Å². The molecule has 1 aromatic carbocycles. The van der Waals surface area contributed by atoms with Gasteiger partial charge in [0.25, 0.3) is 11.8 Å². The van der Waals surface area contributed by atoms with Gasteiger partial charge >= 0.3 is 6.18 Å². The average molecular weight is 408 g/mol. The van der Waals surface area contributed by atoms with Gasteiger partial charge in [-0.3, -0.25) is 4.79 Å². The van der Waals surface area contributed by atoms with Crippen molar-refractivity contribution >= 4 is 11.6 Å². The molecule has 1 unspecified atom stereocenters. The zero-order chi connectivity index (χ0) is 21.4. The van der Waals surface area contributed by atoms with Crippen LogP contribution in [0.2, 0.25) is 0 Å². The predicted octanol–water partition coefficient (Wildman–Crippen LogP) is 2.44. The highest BCUT2D eigenvalue weighted by Gasteiger charge is 2.55. The van der Waals surface area contributed by atoms with Gasteiger partial charge in [-0.05, 0) is 31.9 Å². The summed E-state index contributed by atoms with van der Waals surface area (Å²) in [7, 11) is 0. The third-order valence-corrected chi connectivity index (χ3v) is 5.00. The van der Waals surface area contributed by atoms with Crippen LogP contribution in [0.1, 0.15) is 47.8 Å². The van der Waals surface area contributed by atoms with Crippen molar-refractivity contribution in [2.75, 3.05) is 12.3 Å². The third-order valence-electron chi connectivity index (χ3n) is 5.00. The number of carbonyl (C=O) groups excluding carboxylic acids is 1. The van der Waals surface area contributed by atoms with E-state index in [0.29, 0.717) is 25.5 Å². The lowest BCUT2D eigenvalue weighted by molar-refractivity contribution is -0.267. The molecule has 2 aromatic rings. The molecule has 1 fully saturated rings. The van der Waals surface area contributed by atoms with Gasteiger partial charge in [-0.2, -0.15) is 18.2 Å². The quantitative estimate of drug-likeness (QED) is 0.597. The smallest absolute Gasteiger partial charge is 0.398 e. The van der Waals surface area contributed by atoms with Crippen molar-refractivity contribution < 1.29 is 27.6 Å². The topological polar surface area (TPSA) is 105 Å². The fraction of sp³-hybridized carbons (Fsp3) is 0.421. The van der Waals surface area contributed by atoms with E-state index in [1.165, 1.54) is 4.90 Å². The standard InChI is InChI=1S/C19H19F3N4O3/c1-3-12-9-8-11(10-26(12)16(27)13-6-4-5-7-14(13)23)15-24-17(29-25-15)18(2,28)19(20,21)22/h1,4-7,11-12,28H,8-10,23H2,2H3/t11-,12-,18?/m1/s1. The third kappa shape index (κ3) is 3.78. The summed E-state index contributed by atoms with van der Waals surface area (Å²) >= 11 is 0. The van der Waals surface area contributed by atoms with E-state index in [2.05, 4.69) is 20.6 Å². The molecule has 154 valence electrons. The fourth-order valence-corrected chi connectivity index (χ4v) is 3.15. The highest BCUT2D eigenvalue weighted by atomic mass is 19.4. The van der Waals surface area contributed by atoms with Crippen LogP contribution >= 0.6 is 0 Å². The fourth-order valence-electron chi connectivity index (χ4n) is 3.15. The number of hydrogen-bond donors (Lipinski definition) is 2. The summed E-state index contributed by atoms with van der Waals surface area (Å²) in [5, 5.41) is 13.3. The number of alkyl halides is 3. The Morgan fingerprint density at radius 1 is 1.38 bits per heavy atom. The van der Waals surface area contributed by atoms with Crippen molar-refractivity contribution in [3.8, 4) is 12.3 Å². The van der Waals surface area contributed by atoms with Crippen molar-refractivity contribution in [2.24, 2.45) is 0 Å². The highest BCUT2D eigenvalue weighted by molar-refractivity contribution is 5.99. The van der Waals surface area contributed by atoms with Crippen molar-refractivity contribution in [3.05, 3.63) is 41.5 Å². The normalized spacial score (nSPS) is 22.0. The van der Waals surface area contributed by atoms with Crippen LogP contribution in [-0.4, -0.2) is 44.8 Å². The van der Waals surface area contributed by atoms with Crippen LogP contribution in [0.15, 0.2) is 28.8 Å². The van der Waals surface area contributed by atoms with Crippen LogP contribution in [0.3, 0.4) is 0 Å². The number of rotatable bonds is 3. The van der Waals surface area contributed by atoms with Gasteiger partial charge in [-0.1, -0.05) is 23.2 Å². The van der Waals surface area contributed by atoms with Crippen molar-refractivity contribution in [3.63, 3.8) is 0 Å². The lowest BCUT2D eigenvalue weighted by Gasteiger charge is -2.36. The Balaban J connectivity index is 1.86. The summed E-state index contributed by atoms with van der Waals surface area (Å²) < 4.78 is 43.7. The summed E-state index contributed by atoms with van der Waals surface area (Å²) in [6.45, 7) is 0.614. The number of likely N-dealkylation sites (tertiary alicyclic amines) is 1. The number of nitrogen functional groups attached to an aromatic ring is 1. The van der Waals surface area contributed by atoms with E-state index in [9.17, 15) is 23.1 Å². The number of hydrogen-bond acceptors (Lipinski definition) is 6. The average Bonchev–Trinajstić information content (AvgIpc) is 3.17. The second kappa shape index (κ2) is 7.40. The van der Waals surface area contributed by atoms with Crippen molar-refractivity contribution in [1.29, 1.82) is 0 Å². The van der Waals surface area contributed by atoms with Gasteiger partial charge in [0.1, 0.15) is 0 Å². The van der Waals surface area contributed by atoms with Crippen LogP contribution in [0.4, 0.5) is 18.9 Å². The SMILES string of the molecule is C#C[C@@H]1CC[C@@H](c2noc(C(C)(O)C(F)(F)F)n2)CN1C(=O)c1ccccc1N. The zero-order valence-corrected chi connectivity index (χ0v) is 15.5. The molecule has 0 spiro atoms. The number of terminal acetylenes is 1. The van der Waals surface area contributed by atoms with Crippen LogP contribution in [0.5, 0.6) is 0 Å². The van der Waals surface area contributed by atoms with E-state index in [1.807, 2.05) is 0 Å². The first kappa shape index (κ1) is 20.7. The molecule has 0 radical (unpaired) electrons. The molecular weight excluding hydrogens is 389 g/mol. The Labute approximate surface area is 164 Å². The Hall–Kier alpha value is -3.06. The molecule has 29 heavy (non-hydrogen) atoms. The molecule has 3 N–H and O–H groups in total. The summed E-state index contributed by atoms with van der Waals surface area (Å²) in [5.41, 5.74) is 3.17. The number of para-hydroxylation sites is 1. The van der Waals surface area contributed by atoms with E-state index >= 15 is 0 Å². The molecule has 0 aliphatic carbocycles. The molecule has 2 heterocycles. The molecule has 3 atom stereocenters. The molecule has 1 saturated heterocycles. The van der Waals surface area contributed by atoms with Crippen LogP contribution in [-0.2, 0) is 5.60 Å². The Morgan fingerprint density at radius 2 is 2.07 bits per heavy atom. The first-order valence-electron chi connectivity index (χ1n) is 8.81. The van der Waals surface area contributed by atoms with Crippen LogP contribution in [0, 0.1) is 12.3 Å². The number of halogens is 3. The summed E-state index contributed by atoms with van der Waals surface area (Å²) in [5.74, 6) is 0.682. The van der Waals surface area contributed by atoms with Crippen molar-refractivity contribution in [1.82, 2.24) is 15.0 Å². The number of piperidine rings is 1. The van der Waals surface area contributed by atoms with E-state index in [0.717, 1.165) is 0 Å². The van der Waals surface area contributed by atoms with Gasteiger partial charge in [0.05, 0.1) is 11.6 Å². The van der Waals surface area contributed by atoms with E-state index < -0.39 is 29.6 Å². The second-order valence-corrected chi connectivity index (χ2v) is 7.03. The number of nitrogens with zero attached hydrogens (tertiary/aromatic N) is 3. The highest BCUT2D eigenvalue weighted by Crippen LogP contribution is 2.38. The van der Waals surface area contributed by atoms with Gasteiger partial charge < -0.3 is 20.3 Å². The molecule has 10 heteroatoms. The zero-order valence-electron chi connectivity index (χ0n) is 15.5. The molecule has 1 aromatic heterocycles. The minimum Gasteiger partial charge on any atom is -0.398 e. The number of aromatic nitrogens is 2. The van der Waals surface area contributed by atoms with E-state index in [-0.39, 0.29) is 23.8 Å². The Bertz CT molecular complexity index is 949. The number of carbonyl (C=O) groups is 1. The minimum atomic E-state index is -4.98. The van der Waals surface area contributed by atoms with Gasteiger partial charge in [0, 0.05) is 18.2 Å². The summed E-state index contributed by atoms with van der Waals surface area (Å²) in [6.07, 6.45) is 1.42. The maximum absolute atomic E-state index is 13.0. The number of nitrogens with two attached hydrogens (primary N) is 1. The Kier molecular flexibility index (Phi) is 5.28. The minimum absolute atomic E-state index is 0.0289. The molecule has 1 aliphatic rings. The number of amides is 1. The van der Waals surface area contributed by atoms with Gasteiger partial charge in [0.15, 0.2) is 5.82 Å². The summed E-state index contributed by atoms with van der Waals surface area (Å²) in [6, 6.07) is 6.02. The first-order chi connectivity index (χ1) is 13.6. The van der Waals surface area contributed by atoms with Crippen LogP contribution in [0.25, 0.3) is 0 Å². The van der Waals surface area contributed by atoms with E-state index in [1.54, 1.807) is 24.3 Å². The van der Waals surface area contributed by atoms with Crippen LogP contribution < -0.4 is 5.73 Å². The summed E-state index contributed by atoms with van der Waals surface area (Å²) in [4.78, 5) is 18.1. The van der Waals surface area contributed by atoms with Gasteiger partial charge in [0.2, 0.25) is 5.60 Å². The first-order valence-corrected chi connectivity index (χ1v) is 8.81. The second-order valence-electron chi connectivity index (χ2n) is 7.03. The van der Waals surface area contributed by atoms with Gasteiger partial charge in [-0.25, -0.2) is 0 Å². The number of aliphatic hydroxyl groups is 1. The number of benzene rings is 1. The maximum atomic E-state index is 13.0. The molecule has 1 amide bonds. The lowest BCUT2D eigenvalue weighted by Crippen LogP contribution is -2.46. The molecule has 3 rings (SSSR count). The molecule has 7 nitrogen and oxygen atoms in total. The number of anilines is 1. The monoisotopic (exact) mass is 408 g/mol. The van der Waals surface area contributed by atoms with Crippen molar-refractivity contribution in [2.45, 2.75) is 43.5 Å². The lowest BCUT2D eigenvalue weighted by atomic mass is 9.91. The largest absolute Gasteiger partial charge is 0.426 e. The van der Waals surface area contributed by atoms with Gasteiger partial charge in [-0.15, -0.1) is 6.42 Å². The maximum Gasteiger partial charge on any atom is 0.426 e. The molecule has 0 bridgehead atoms. The molecular formula is C19H19F3N4O3. The molecule has 0 saturated carbocycles. The molecule has 1 aliphatic heterocycles. The Morgan fingerprint density at radius 3 is 2.69 bits per heavy atom.